The molecule has 3 aromatic rings. The summed E-state index contributed by atoms with van der Waals surface area (Å²) < 4.78 is 1.37. The Kier molecular flexibility index (Phi) is 6.09. The number of H-pyrrole nitrogens is 1. The van der Waals surface area contributed by atoms with Gasteiger partial charge in [0.05, 0.1) is 11.0 Å². The van der Waals surface area contributed by atoms with Gasteiger partial charge in [0.25, 0.3) is 5.91 Å². The molecular formula is C23H26N4O3. The van der Waals surface area contributed by atoms with Crippen molar-refractivity contribution in [3.05, 3.63) is 74.8 Å². The molecule has 0 radical (unpaired) electrons. The number of carbonyl (C=O) groups excluding carboxylic acids is 1. The van der Waals surface area contributed by atoms with E-state index in [0.717, 1.165) is 19.4 Å². The summed E-state index contributed by atoms with van der Waals surface area (Å²) in [7, 11) is 0. The fourth-order valence-electron chi connectivity index (χ4n) is 3.95. The molecule has 1 aromatic heterocycles. The number of unbranched alkanes of at least 4 members (excludes halogenated alkanes) is 1. The van der Waals surface area contributed by atoms with Gasteiger partial charge in [-0.15, -0.1) is 0 Å². The summed E-state index contributed by atoms with van der Waals surface area (Å²) in [5.41, 5.74) is 0.938. The van der Waals surface area contributed by atoms with E-state index in [1.165, 1.54) is 30.5 Å². The summed E-state index contributed by atoms with van der Waals surface area (Å²) in [4.78, 5) is 41.9. The van der Waals surface area contributed by atoms with E-state index in [2.05, 4.69) is 15.2 Å². The molecule has 1 saturated heterocycles. The van der Waals surface area contributed by atoms with Gasteiger partial charge in [-0.25, -0.2) is 0 Å². The van der Waals surface area contributed by atoms with E-state index in [1.54, 1.807) is 42.5 Å². The highest BCUT2D eigenvalue weighted by atomic mass is 16.2. The van der Waals surface area contributed by atoms with Crippen LogP contribution in [0.25, 0.3) is 16.7 Å². The average molecular weight is 406 g/mol. The third-order valence-corrected chi connectivity index (χ3v) is 5.56. The van der Waals surface area contributed by atoms with Crippen LogP contribution in [0.3, 0.4) is 0 Å². The number of aromatic amines is 1. The van der Waals surface area contributed by atoms with Crippen molar-refractivity contribution >= 4 is 16.9 Å². The maximum absolute atomic E-state index is 12.4. The lowest BCUT2D eigenvalue weighted by Gasteiger charge is -2.14. The summed E-state index contributed by atoms with van der Waals surface area (Å²) in [6.07, 6.45) is 4.63. The zero-order chi connectivity index (χ0) is 20.9. The van der Waals surface area contributed by atoms with Gasteiger partial charge in [-0.3, -0.25) is 19.0 Å². The molecule has 7 heteroatoms. The molecule has 1 aliphatic heterocycles. The van der Waals surface area contributed by atoms with E-state index in [4.69, 9.17) is 0 Å². The topological polar surface area (TPSA) is 87.2 Å². The molecule has 0 saturated carbocycles. The molecule has 1 amide bonds. The van der Waals surface area contributed by atoms with E-state index < -0.39 is 11.1 Å². The number of nitrogens with zero attached hydrogens (tertiary/aromatic N) is 2. The molecule has 0 bridgehead atoms. The van der Waals surface area contributed by atoms with E-state index in [-0.39, 0.29) is 5.91 Å². The normalized spacial score (nSPS) is 14.3. The van der Waals surface area contributed by atoms with Gasteiger partial charge in [0.1, 0.15) is 0 Å². The zero-order valence-electron chi connectivity index (χ0n) is 16.9. The maximum atomic E-state index is 12.4. The Bertz CT molecular complexity index is 1140. The van der Waals surface area contributed by atoms with Gasteiger partial charge >= 0.3 is 11.1 Å². The smallest absolute Gasteiger partial charge is 0.321 e. The van der Waals surface area contributed by atoms with Crippen molar-refractivity contribution in [1.82, 2.24) is 19.8 Å². The second-order valence-electron chi connectivity index (χ2n) is 7.67. The molecule has 7 nitrogen and oxygen atoms in total. The van der Waals surface area contributed by atoms with E-state index in [1.807, 2.05) is 6.07 Å². The molecule has 1 fully saturated rings. The van der Waals surface area contributed by atoms with Gasteiger partial charge in [-0.2, -0.15) is 0 Å². The third kappa shape index (κ3) is 4.36. The molecule has 30 heavy (non-hydrogen) atoms. The van der Waals surface area contributed by atoms with Crippen molar-refractivity contribution in [1.29, 1.82) is 0 Å². The summed E-state index contributed by atoms with van der Waals surface area (Å²) in [6.45, 7) is 4.14. The molecule has 2 N–H and O–H groups in total. The quantitative estimate of drug-likeness (QED) is 0.466. The molecule has 0 aliphatic carbocycles. The van der Waals surface area contributed by atoms with Crippen LogP contribution in [0, 0.1) is 0 Å². The lowest BCUT2D eigenvalue weighted by Crippen LogP contribution is -2.35. The van der Waals surface area contributed by atoms with Crippen LogP contribution in [0.5, 0.6) is 0 Å². The molecule has 1 aliphatic rings. The van der Waals surface area contributed by atoms with Crippen LogP contribution in [-0.4, -0.2) is 46.5 Å². The molecule has 0 unspecified atom stereocenters. The van der Waals surface area contributed by atoms with Crippen LogP contribution in [0.15, 0.2) is 58.1 Å². The number of fused-ring (bicyclic) bond motifs is 1. The highest BCUT2D eigenvalue weighted by Gasteiger charge is 2.12. The molecule has 4 rings (SSSR count). The molecule has 0 atom stereocenters. The van der Waals surface area contributed by atoms with Gasteiger partial charge in [0.2, 0.25) is 0 Å². The highest BCUT2D eigenvalue weighted by molar-refractivity contribution is 5.94. The fraction of sp³-hybridized carbons (Fsp3) is 0.348. The van der Waals surface area contributed by atoms with Gasteiger partial charge in [0.15, 0.2) is 0 Å². The minimum atomic E-state index is -0.676. The molecule has 2 heterocycles. The molecule has 0 spiro atoms. The minimum absolute atomic E-state index is 0.133. The van der Waals surface area contributed by atoms with Gasteiger partial charge in [0, 0.05) is 17.8 Å². The first-order valence-electron chi connectivity index (χ1n) is 10.5. The first-order chi connectivity index (χ1) is 14.6. The number of rotatable bonds is 7. The number of aromatic nitrogens is 2. The number of hydrogen-bond donors (Lipinski definition) is 2. The van der Waals surface area contributed by atoms with E-state index in [0.29, 0.717) is 28.8 Å². The Morgan fingerprint density at radius 3 is 2.47 bits per heavy atom. The molecular weight excluding hydrogens is 380 g/mol. The van der Waals surface area contributed by atoms with Crippen molar-refractivity contribution in [2.45, 2.75) is 25.7 Å². The largest absolute Gasteiger partial charge is 0.352 e. The lowest BCUT2D eigenvalue weighted by atomic mass is 10.1. The Morgan fingerprint density at radius 2 is 1.70 bits per heavy atom. The van der Waals surface area contributed by atoms with Crippen LogP contribution in [-0.2, 0) is 0 Å². The Morgan fingerprint density at radius 1 is 0.967 bits per heavy atom. The monoisotopic (exact) mass is 406 g/mol. The first kappa shape index (κ1) is 20.1. The Labute approximate surface area is 174 Å². The van der Waals surface area contributed by atoms with Crippen molar-refractivity contribution in [3.8, 4) is 5.69 Å². The summed E-state index contributed by atoms with van der Waals surface area (Å²) in [5.74, 6) is -0.133. The molecule has 156 valence electrons. The van der Waals surface area contributed by atoms with Gasteiger partial charge in [-0.05, 0) is 81.7 Å². The van der Waals surface area contributed by atoms with Crippen LogP contribution >= 0.6 is 0 Å². The SMILES string of the molecule is O=C(NCCCCN1CCCC1)c1ccc(-n2c(=O)c(=O)[nH]c3ccccc32)cc1. The average Bonchev–Trinajstić information content (AvgIpc) is 3.28. The van der Waals surface area contributed by atoms with E-state index >= 15 is 0 Å². The number of amides is 1. The summed E-state index contributed by atoms with van der Waals surface area (Å²) in [5, 5.41) is 2.95. The number of benzene rings is 2. The summed E-state index contributed by atoms with van der Waals surface area (Å²) >= 11 is 0. The number of hydrogen-bond acceptors (Lipinski definition) is 4. The Hall–Kier alpha value is -3.19. The Balaban J connectivity index is 1.41. The van der Waals surface area contributed by atoms with Crippen LogP contribution in [0.2, 0.25) is 0 Å². The second-order valence-corrected chi connectivity index (χ2v) is 7.67. The van der Waals surface area contributed by atoms with Crippen molar-refractivity contribution in [3.63, 3.8) is 0 Å². The standard InChI is InChI=1S/C23H26N4O3/c28-21(24-13-3-4-14-26-15-5-6-16-26)17-9-11-18(12-10-17)27-20-8-2-1-7-19(20)25-22(29)23(27)30/h1-2,7-12H,3-6,13-16H2,(H,24,28)(H,25,29). The number of carbonyl (C=O) groups is 1. The molecule has 2 aromatic carbocycles. The number of para-hydroxylation sites is 2. The predicted molar refractivity (Wildman–Crippen MR) is 117 cm³/mol. The third-order valence-electron chi connectivity index (χ3n) is 5.56. The first-order valence-corrected chi connectivity index (χ1v) is 10.5. The highest BCUT2D eigenvalue weighted by Crippen LogP contribution is 2.14. The number of nitrogens with one attached hydrogen (secondary N) is 2. The van der Waals surface area contributed by atoms with Gasteiger partial charge in [-0.1, -0.05) is 12.1 Å². The minimum Gasteiger partial charge on any atom is -0.352 e. The van der Waals surface area contributed by atoms with Crippen LogP contribution < -0.4 is 16.4 Å². The van der Waals surface area contributed by atoms with Crippen molar-refractivity contribution < 1.29 is 4.79 Å². The van der Waals surface area contributed by atoms with Crippen molar-refractivity contribution in [2.24, 2.45) is 0 Å². The van der Waals surface area contributed by atoms with Crippen LogP contribution in [0.1, 0.15) is 36.0 Å². The van der Waals surface area contributed by atoms with Crippen LogP contribution in [0.4, 0.5) is 0 Å². The maximum Gasteiger partial charge on any atom is 0.321 e. The lowest BCUT2D eigenvalue weighted by molar-refractivity contribution is 0.0952. The number of likely N-dealkylation sites (tertiary alicyclic amines) is 1. The van der Waals surface area contributed by atoms with Crippen molar-refractivity contribution in [2.75, 3.05) is 26.2 Å². The predicted octanol–water partition coefficient (Wildman–Crippen LogP) is 2.28. The van der Waals surface area contributed by atoms with E-state index in [9.17, 15) is 14.4 Å². The summed E-state index contributed by atoms with van der Waals surface area (Å²) in [6, 6.07) is 13.9. The zero-order valence-corrected chi connectivity index (χ0v) is 16.9. The fourth-order valence-corrected chi connectivity index (χ4v) is 3.95. The van der Waals surface area contributed by atoms with Gasteiger partial charge < -0.3 is 15.2 Å². The second kappa shape index (κ2) is 9.09.